The zero-order chi connectivity index (χ0) is 38.8. The first-order chi connectivity index (χ1) is 26.6. The molecule has 2 aliphatic heterocycles. The van der Waals surface area contributed by atoms with Crippen molar-refractivity contribution < 1.29 is 41.5 Å². The Labute approximate surface area is 325 Å². The van der Waals surface area contributed by atoms with Crippen molar-refractivity contribution in [3.05, 3.63) is 70.6 Å². The minimum Gasteiger partial charge on any atom is -0.378 e. The number of anilines is 1. The van der Waals surface area contributed by atoms with Gasteiger partial charge in [-0.25, -0.2) is 13.4 Å². The summed E-state index contributed by atoms with van der Waals surface area (Å²) in [7, 11) is -3.41. The van der Waals surface area contributed by atoms with Crippen LogP contribution >= 0.6 is 11.6 Å². The topological polar surface area (TPSA) is 168 Å². The molecule has 0 atom stereocenters. The first-order valence-corrected chi connectivity index (χ1v) is 20.4. The fourth-order valence-corrected chi connectivity index (χ4v) is 8.35. The lowest BCUT2D eigenvalue weighted by molar-refractivity contribution is -0.124. The zero-order valence-electron chi connectivity index (χ0n) is 30.8. The first kappa shape index (κ1) is 40.3. The second kappa shape index (κ2) is 18.5. The van der Waals surface area contributed by atoms with Crippen LogP contribution in [0.3, 0.4) is 0 Å². The van der Waals surface area contributed by atoms with E-state index in [-0.39, 0.29) is 55.4 Å². The highest BCUT2D eigenvalue weighted by Crippen LogP contribution is 2.48. The monoisotopic (exact) mass is 796 g/mol. The van der Waals surface area contributed by atoms with Gasteiger partial charge >= 0.3 is 0 Å². The molecular weight excluding hydrogens is 752 g/mol. The Kier molecular flexibility index (Phi) is 13.6. The zero-order valence-corrected chi connectivity index (χ0v) is 32.4. The molecular formula is C38H45ClN6O9S. The molecule has 1 spiro atoms. The molecule has 1 fully saturated rings. The quantitative estimate of drug-likeness (QED) is 0.0943. The average molecular weight is 797 g/mol. The lowest BCUT2D eigenvalue weighted by atomic mass is 9.74. The number of carbonyl (C=O) groups is 2. The molecule has 0 saturated carbocycles. The number of hydrogen-bond donors (Lipinski definition) is 0. The van der Waals surface area contributed by atoms with Crippen molar-refractivity contribution in [2.45, 2.75) is 44.7 Å². The number of aromatic nitrogens is 4. The Morgan fingerprint density at radius 1 is 1.00 bits per heavy atom. The van der Waals surface area contributed by atoms with Crippen LogP contribution in [0.1, 0.15) is 46.9 Å². The van der Waals surface area contributed by atoms with E-state index in [2.05, 4.69) is 16.1 Å². The molecule has 3 aromatic heterocycles. The van der Waals surface area contributed by atoms with Crippen molar-refractivity contribution in [3.8, 4) is 12.3 Å². The highest BCUT2D eigenvalue weighted by atomic mass is 35.5. The Balaban J connectivity index is 1.04. The van der Waals surface area contributed by atoms with E-state index in [1.54, 1.807) is 47.3 Å². The van der Waals surface area contributed by atoms with E-state index >= 15 is 0 Å². The Morgan fingerprint density at radius 3 is 2.40 bits per heavy atom. The van der Waals surface area contributed by atoms with Crippen molar-refractivity contribution in [2.24, 2.45) is 0 Å². The molecule has 6 rings (SSSR count). The lowest BCUT2D eigenvalue weighted by Crippen LogP contribution is -2.50. The Hall–Kier alpha value is -4.37. The number of aryl methyl sites for hydroxylation is 2. The molecule has 17 heteroatoms. The summed E-state index contributed by atoms with van der Waals surface area (Å²) in [6.45, 7) is 5.50. The maximum Gasteiger partial charge on any atom is 0.276 e. The second-order valence-corrected chi connectivity index (χ2v) is 16.1. The summed E-state index contributed by atoms with van der Waals surface area (Å²) in [5.41, 5.74) is 2.41. The van der Waals surface area contributed by atoms with E-state index in [1.165, 1.54) is 0 Å². The van der Waals surface area contributed by atoms with E-state index in [0.29, 0.717) is 99.7 Å². The van der Waals surface area contributed by atoms with Gasteiger partial charge in [0.15, 0.2) is 15.5 Å². The van der Waals surface area contributed by atoms with Crippen molar-refractivity contribution in [1.29, 1.82) is 0 Å². The van der Waals surface area contributed by atoms with Gasteiger partial charge in [0.2, 0.25) is 5.91 Å². The van der Waals surface area contributed by atoms with Crippen molar-refractivity contribution >= 4 is 50.0 Å². The number of nitrogens with zero attached hydrogens (tertiary/aromatic N) is 6. The molecule has 1 aromatic carbocycles. The van der Waals surface area contributed by atoms with Crippen LogP contribution in [0.2, 0.25) is 5.02 Å². The van der Waals surface area contributed by atoms with Crippen LogP contribution < -0.4 is 4.90 Å². The van der Waals surface area contributed by atoms with Gasteiger partial charge in [-0.3, -0.25) is 14.6 Å². The fraction of sp³-hybridized carbons (Fsp3) is 0.500. The number of imidazole rings is 1. The standard InChI is InChI=1S/C38H45ClN6O9S/c1-3-14-50-15-16-51-17-18-52-19-20-53-21-23-55(48,49)22-4-11-44-33-6-5-29(39)25-31(33)41-35(44)27-45-34-26-40-10-7-30(34)38(37(45)47)8-12-43(13-9-38)36(46)32-24-28(2)54-42-32/h1,5-7,10,24-26H,4,8-9,11-23,27H2,2H3. The summed E-state index contributed by atoms with van der Waals surface area (Å²) < 4.78 is 54.4. The summed E-state index contributed by atoms with van der Waals surface area (Å²) in [4.78, 5) is 40.2. The van der Waals surface area contributed by atoms with Crippen LogP contribution in [0.25, 0.3) is 11.0 Å². The smallest absolute Gasteiger partial charge is 0.276 e. The minimum absolute atomic E-state index is 0.0520. The van der Waals surface area contributed by atoms with Crippen LogP contribution in [0, 0.1) is 19.3 Å². The van der Waals surface area contributed by atoms with Gasteiger partial charge in [0.1, 0.15) is 18.2 Å². The summed E-state index contributed by atoms with van der Waals surface area (Å²) in [6, 6.07) is 8.87. The van der Waals surface area contributed by atoms with Crippen LogP contribution in [0.15, 0.2) is 47.2 Å². The number of hydrogen-bond acceptors (Lipinski definition) is 12. The third kappa shape index (κ3) is 9.72. The van der Waals surface area contributed by atoms with Gasteiger partial charge in [0.25, 0.3) is 5.91 Å². The van der Waals surface area contributed by atoms with E-state index in [4.69, 9.17) is 46.5 Å². The van der Waals surface area contributed by atoms with E-state index in [9.17, 15) is 18.0 Å². The van der Waals surface area contributed by atoms with Crippen LogP contribution in [0.4, 0.5) is 5.69 Å². The molecule has 55 heavy (non-hydrogen) atoms. The van der Waals surface area contributed by atoms with Gasteiger partial charge in [0.05, 0.1) is 92.6 Å². The predicted octanol–water partition coefficient (Wildman–Crippen LogP) is 3.61. The highest BCUT2D eigenvalue weighted by Gasteiger charge is 2.53. The van der Waals surface area contributed by atoms with Gasteiger partial charge < -0.3 is 37.8 Å². The number of halogens is 1. The molecule has 4 aromatic rings. The molecule has 0 bridgehead atoms. The summed E-state index contributed by atoms with van der Waals surface area (Å²) in [5.74, 6) is 3.05. The number of rotatable bonds is 20. The lowest BCUT2D eigenvalue weighted by Gasteiger charge is -2.38. The van der Waals surface area contributed by atoms with Crippen LogP contribution in [-0.2, 0) is 52.1 Å². The summed E-state index contributed by atoms with van der Waals surface area (Å²) in [5, 5.41) is 4.39. The van der Waals surface area contributed by atoms with E-state index < -0.39 is 15.3 Å². The largest absolute Gasteiger partial charge is 0.378 e. The third-order valence-electron chi connectivity index (χ3n) is 9.78. The normalized spacial score (nSPS) is 15.3. The molecule has 0 N–H and O–H groups in total. The molecule has 2 aliphatic rings. The minimum atomic E-state index is -3.41. The van der Waals surface area contributed by atoms with Gasteiger partial charge in [-0.2, -0.15) is 0 Å². The molecule has 2 amide bonds. The number of pyridine rings is 1. The molecule has 0 radical (unpaired) electrons. The number of terminal acetylenes is 1. The first-order valence-electron chi connectivity index (χ1n) is 18.2. The molecule has 15 nitrogen and oxygen atoms in total. The number of likely N-dealkylation sites (tertiary alicyclic amines) is 1. The van der Waals surface area contributed by atoms with Crippen molar-refractivity contribution in [1.82, 2.24) is 24.6 Å². The van der Waals surface area contributed by atoms with Crippen molar-refractivity contribution in [2.75, 3.05) is 82.4 Å². The number of piperidine rings is 1. The number of benzene rings is 1. The Bertz CT molecular complexity index is 2110. The van der Waals surface area contributed by atoms with E-state index in [1.807, 2.05) is 16.7 Å². The van der Waals surface area contributed by atoms with Crippen molar-refractivity contribution in [3.63, 3.8) is 0 Å². The van der Waals surface area contributed by atoms with Crippen LogP contribution in [-0.4, -0.2) is 122 Å². The van der Waals surface area contributed by atoms with Gasteiger partial charge in [0, 0.05) is 36.9 Å². The molecule has 0 aliphatic carbocycles. The number of fused-ring (bicyclic) bond motifs is 3. The predicted molar refractivity (Wildman–Crippen MR) is 204 cm³/mol. The third-order valence-corrected chi connectivity index (χ3v) is 11.7. The molecule has 1 saturated heterocycles. The molecule has 5 heterocycles. The van der Waals surface area contributed by atoms with Gasteiger partial charge in [-0.1, -0.05) is 22.7 Å². The highest BCUT2D eigenvalue weighted by molar-refractivity contribution is 7.91. The fourth-order valence-electron chi connectivity index (χ4n) is 7.04. The number of amides is 2. The van der Waals surface area contributed by atoms with E-state index in [0.717, 1.165) is 11.1 Å². The maximum atomic E-state index is 14.5. The molecule has 0 unspecified atom stereocenters. The Morgan fingerprint density at radius 2 is 1.71 bits per heavy atom. The van der Waals surface area contributed by atoms with Crippen LogP contribution in [0.5, 0.6) is 0 Å². The second-order valence-electron chi connectivity index (χ2n) is 13.4. The van der Waals surface area contributed by atoms with Gasteiger partial charge in [-0.05, 0) is 56.0 Å². The van der Waals surface area contributed by atoms with Gasteiger partial charge in [-0.15, -0.1) is 6.42 Å². The number of ether oxygens (including phenoxy) is 4. The number of carbonyl (C=O) groups excluding carboxylic acids is 2. The summed E-state index contributed by atoms with van der Waals surface area (Å²) in [6.07, 6.45) is 9.68. The molecule has 294 valence electrons. The SMILES string of the molecule is C#CCOCCOCCOCCOCCS(=O)(=O)CCCn1c(CN2C(=O)C3(CCN(C(=O)c4cc(C)on4)CC3)c3ccncc32)nc2cc(Cl)ccc21. The maximum absolute atomic E-state index is 14.5. The summed E-state index contributed by atoms with van der Waals surface area (Å²) >= 11 is 6.33. The number of sulfone groups is 1. The average Bonchev–Trinajstić information content (AvgIpc) is 3.83.